The van der Waals surface area contributed by atoms with E-state index in [0.717, 1.165) is 0 Å². The molecule has 1 N–H and O–H groups in total. The summed E-state index contributed by atoms with van der Waals surface area (Å²) < 4.78 is 2.95. The van der Waals surface area contributed by atoms with Crippen LogP contribution >= 0.6 is 0 Å². The van der Waals surface area contributed by atoms with Crippen molar-refractivity contribution >= 4 is 0 Å². The molecule has 7 heteroatoms. The second-order valence-corrected chi connectivity index (χ2v) is 4.08. The Morgan fingerprint density at radius 1 is 1.29 bits per heavy atom. The minimum atomic E-state index is -0.451. The molecule has 0 saturated carbocycles. The van der Waals surface area contributed by atoms with Gasteiger partial charge in [-0.25, -0.2) is 4.79 Å². The van der Waals surface area contributed by atoms with E-state index in [0.29, 0.717) is 11.3 Å². The van der Waals surface area contributed by atoms with E-state index < -0.39 is 11.2 Å². The van der Waals surface area contributed by atoms with E-state index in [1.807, 2.05) is 13.8 Å². The highest BCUT2D eigenvalue weighted by molar-refractivity contribution is 5.54. The van der Waals surface area contributed by atoms with Gasteiger partial charge in [0.2, 0.25) is 0 Å². The number of hydrogen-bond acceptors (Lipinski definition) is 4. The molecule has 0 bridgehead atoms. The molecule has 90 valence electrons. The Balaban J connectivity index is 2.66. The Bertz CT molecular complexity index is 649. The van der Waals surface area contributed by atoms with Crippen LogP contribution in [0.15, 0.2) is 22.0 Å². The maximum absolute atomic E-state index is 11.7. The number of rotatable bonds is 2. The Hall–Kier alpha value is -2.18. The zero-order valence-corrected chi connectivity index (χ0v) is 9.84. The zero-order valence-electron chi connectivity index (χ0n) is 9.84. The van der Waals surface area contributed by atoms with Crippen LogP contribution in [-0.4, -0.2) is 24.5 Å². The molecule has 0 aromatic carbocycles. The van der Waals surface area contributed by atoms with Gasteiger partial charge in [-0.1, -0.05) is 5.21 Å². The van der Waals surface area contributed by atoms with Crippen molar-refractivity contribution in [3.05, 3.63) is 33.2 Å². The molecule has 0 aliphatic rings. The molecule has 7 nitrogen and oxygen atoms in total. The smallest absolute Gasteiger partial charge is 0.297 e. The Morgan fingerprint density at radius 3 is 2.53 bits per heavy atom. The van der Waals surface area contributed by atoms with Crippen LogP contribution in [0, 0.1) is 0 Å². The van der Waals surface area contributed by atoms with E-state index in [-0.39, 0.29) is 6.04 Å². The fourth-order valence-electron chi connectivity index (χ4n) is 1.52. The molecule has 0 unspecified atom stereocenters. The lowest BCUT2D eigenvalue weighted by Crippen LogP contribution is -2.31. The highest BCUT2D eigenvalue weighted by Gasteiger charge is 2.11. The normalized spacial score (nSPS) is 11.1. The third kappa shape index (κ3) is 2.03. The van der Waals surface area contributed by atoms with Gasteiger partial charge in [0.1, 0.15) is 5.69 Å². The molecule has 2 rings (SSSR count). The molecule has 0 spiro atoms. The highest BCUT2D eigenvalue weighted by Crippen LogP contribution is 2.10. The Labute approximate surface area is 96.7 Å². The average molecular weight is 235 g/mol. The lowest BCUT2D eigenvalue weighted by molar-refractivity contribution is 0.562. The SMILES string of the molecule is CC(C)n1cc(-c2cn(C)nn2)c(=O)[nH]c1=O. The molecule has 0 amide bonds. The maximum atomic E-state index is 11.7. The van der Waals surface area contributed by atoms with E-state index in [1.165, 1.54) is 15.4 Å². The first-order valence-corrected chi connectivity index (χ1v) is 5.21. The summed E-state index contributed by atoms with van der Waals surface area (Å²) in [7, 11) is 1.71. The van der Waals surface area contributed by atoms with Crippen LogP contribution in [0.2, 0.25) is 0 Å². The number of aryl methyl sites for hydroxylation is 1. The quantitative estimate of drug-likeness (QED) is 0.788. The van der Waals surface area contributed by atoms with Crippen molar-refractivity contribution < 1.29 is 0 Å². The molecule has 0 aliphatic heterocycles. The Kier molecular flexibility index (Phi) is 2.66. The van der Waals surface area contributed by atoms with E-state index in [1.54, 1.807) is 13.2 Å². The monoisotopic (exact) mass is 235 g/mol. The molecule has 17 heavy (non-hydrogen) atoms. The second kappa shape index (κ2) is 4.00. The maximum Gasteiger partial charge on any atom is 0.328 e. The van der Waals surface area contributed by atoms with Crippen LogP contribution in [-0.2, 0) is 7.05 Å². The van der Waals surface area contributed by atoms with Crippen molar-refractivity contribution in [2.45, 2.75) is 19.9 Å². The number of hydrogen-bond donors (Lipinski definition) is 1. The largest absolute Gasteiger partial charge is 0.328 e. The predicted octanol–water partition coefficient (Wildman–Crippen LogP) is -0.0870. The highest BCUT2D eigenvalue weighted by atomic mass is 16.2. The summed E-state index contributed by atoms with van der Waals surface area (Å²) in [6, 6.07) is -0.0326. The predicted molar refractivity (Wildman–Crippen MR) is 61.7 cm³/mol. The minimum Gasteiger partial charge on any atom is -0.297 e. The van der Waals surface area contributed by atoms with Crippen molar-refractivity contribution in [3.8, 4) is 11.3 Å². The second-order valence-electron chi connectivity index (χ2n) is 4.08. The first kappa shape index (κ1) is 11.3. The average Bonchev–Trinajstić information content (AvgIpc) is 2.64. The van der Waals surface area contributed by atoms with Gasteiger partial charge in [-0.2, -0.15) is 0 Å². The van der Waals surface area contributed by atoms with Gasteiger partial charge in [0, 0.05) is 19.3 Å². The molecule has 2 aromatic heterocycles. The molecule has 0 fully saturated rings. The molecule has 0 saturated heterocycles. The van der Waals surface area contributed by atoms with Crippen molar-refractivity contribution in [3.63, 3.8) is 0 Å². The standard InChI is InChI=1S/C10H13N5O2/c1-6(2)15-4-7(9(16)11-10(15)17)8-5-14(3)13-12-8/h4-6H,1-3H3,(H,11,16,17). The van der Waals surface area contributed by atoms with Crippen LogP contribution < -0.4 is 11.2 Å². The summed E-state index contributed by atoms with van der Waals surface area (Å²) in [5.74, 6) is 0. The fraction of sp³-hybridized carbons (Fsp3) is 0.400. The molecule has 0 radical (unpaired) electrons. The van der Waals surface area contributed by atoms with Gasteiger partial charge >= 0.3 is 5.69 Å². The van der Waals surface area contributed by atoms with Crippen molar-refractivity contribution in [2.75, 3.05) is 0 Å². The molecular weight excluding hydrogens is 222 g/mol. The Morgan fingerprint density at radius 2 is 2.00 bits per heavy atom. The number of nitrogens with one attached hydrogen (secondary N) is 1. The van der Waals surface area contributed by atoms with E-state index in [9.17, 15) is 9.59 Å². The van der Waals surface area contributed by atoms with Crippen molar-refractivity contribution in [1.82, 2.24) is 24.5 Å². The summed E-state index contributed by atoms with van der Waals surface area (Å²) in [4.78, 5) is 25.5. The van der Waals surface area contributed by atoms with Gasteiger partial charge in [-0.05, 0) is 13.8 Å². The molecule has 2 heterocycles. The van der Waals surface area contributed by atoms with Crippen molar-refractivity contribution in [1.29, 1.82) is 0 Å². The van der Waals surface area contributed by atoms with Gasteiger partial charge < -0.3 is 0 Å². The number of aromatic amines is 1. The van der Waals surface area contributed by atoms with Gasteiger partial charge in [-0.15, -0.1) is 5.10 Å². The summed E-state index contributed by atoms with van der Waals surface area (Å²) in [5, 5.41) is 7.61. The molecule has 0 aliphatic carbocycles. The van der Waals surface area contributed by atoms with Crippen LogP contribution in [0.3, 0.4) is 0 Å². The van der Waals surface area contributed by atoms with Gasteiger partial charge in [-0.3, -0.25) is 19.0 Å². The number of aromatic nitrogens is 5. The zero-order chi connectivity index (χ0) is 12.6. The van der Waals surface area contributed by atoms with Crippen LogP contribution in [0.1, 0.15) is 19.9 Å². The summed E-state index contributed by atoms with van der Waals surface area (Å²) >= 11 is 0. The van der Waals surface area contributed by atoms with Crippen LogP contribution in [0.25, 0.3) is 11.3 Å². The minimum absolute atomic E-state index is 0.0326. The van der Waals surface area contributed by atoms with E-state index >= 15 is 0 Å². The first-order chi connectivity index (χ1) is 7.99. The molecular formula is C10H13N5O2. The van der Waals surface area contributed by atoms with Crippen LogP contribution in [0.5, 0.6) is 0 Å². The summed E-state index contributed by atoms with van der Waals surface area (Å²) in [5.41, 5.74) is -0.0837. The van der Waals surface area contributed by atoms with Crippen LogP contribution in [0.4, 0.5) is 0 Å². The summed E-state index contributed by atoms with van der Waals surface area (Å²) in [6.07, 6.45) is 3.13. The molecule has 0 atom stereocenters. The third-order valence-corrected chi connectivity index (χ3v) is 2.40. The first-order valence-electron chi connectivity index (χ1n) is 5.21. The van der Waals surface area contributed by atoms with Gasteiger partial charge in [0.15, 0.2) is 0 Å². The van der Waals surface area contributed by atoms with Gasteiger partial charge in [0.05, 0.1) is 11.8 Å². The topological polar surface area (TPSA) is 85.6 Å². The van der Waals surface area contributed by atoms with Crippen molar-refractivity contribution in [2.24, 2.45) is 7.05 Å². The third-order valence-electron chi connectivity index (χ3n) is 2.40. The van der Waals surface area contributed by atoms with E-state index in [4.69, 9.17) is 0 Å². The fourth-order valence-corrected chi connectivity index (χ4v) is 1.52. The number of nitrogens with zero attached hydrogens (tertiary/aromatic N) is 4. The van der Waals surface area contributed by atoms with E-state index in [2.05, 4.69) is 15.3 Å². The summed E-state index contributed by atoms with van der Waals surface area (Å²) in [6.45, 7) is 3.72. The lowest BCUT2D eigenvalue weighted by Gasteiger charge is -2.09. The van der Waals surface area contributed by atoms with Gasteiger partial charge in [0.25, 0.3) is 5.56 Å². The number of H-pyrrole nitrogens is 1. The molecule has 2 aromatic rings. The lowest BCUT2D eigenvalue weighted by atomic mass is 10.2.